The van der Waals surface area contributed by atoms with E-state index in [0.29, 0.717) is 41.1 Å². The van der Waals surface area contributed by atoms with Gasteiger partial charge in [0.05, 0.1) is 12.8 Å². The molecule has 3 rings (SSSR count). The van der Waals surface area contributed by atoms with Crippen molar-refractivity contribution in [3.05, 3.63) is 66.2 Å². The molecule has 144 valence electrons. The van der Waals surface area contributed by atoms with Crippen LogP contribution in [0.2, 0.25) is 0 Å². The van der Waals surface area contributed by atoms with Crippen LogP contribution in [-0.2, 0) is 0 Å². The molecule has 6 nitrogen and oxygen atoms in total. The number of carbonyl (C=O) groups is 1. The predicted octanol–water partition coefficient (Wildman–Crippen LogP) is 4.33. The van der Waals surface area contributed by atoms with Crippen molar-refractivity contribution in [2.45, 2.75) is 13.8 Å². The highest BCUT2D eigenvalue weighted by molar-refractivity contribution is 5.95. The Labute approximate surface area is 164 Å². The summed E-state index contributed by atoms with van der Waals surface area (Å²) in [4.78, 5) is 12.3. The van der Waals surface area contributed by atoms with Gasteiger partial charge in [-0.2, -0.15) is 0 Å². The lowest BCUT2D eigenvalue weighted by Gasteiger charge is -2.10. The maximum Gasteiger partial charge on any atom is 0.251 e. The third-order valence-corrected chi connectivity index (χ3v) is 4.02. The van der Waals surface area contributed by atoms with Crippen LogP contribution in [0.1, 0.15) is 24.2 Å². The molecular formula is C22H23N3O3. The molecule has 0 unspecified atom stereocenters. The second-order valence-corrected chi connectivity index (χ2v) is 6.69. The van der Waals surface area contributed by atoms with Crippen LogP contribution in [0.5, 0.6) is 17.4 Å². The van der Waals surface area contributed by atoms with Gasteiger partial charge in [0.15, 0.2) is 11.5 Å². The van der Waals surface area contributed by atoms with Gasteiger partial charge in [0.2, 0.25) is 5.88 Å². The van der Waals surface area contributed by atoms with Crippen molar-refractivity contribution in [1.82, 2.24) is 15.5 Å². The van der Waals surface area contributed by atoms with E-state index in [2.05, 4.69) is 29.4 Å². The smallest absolute Gasteiger partial charge is 0.251 e. The molecule has 1 amide bonds. The van der Waals surface area contributed by atoms with Crippen LogP contribution in [0.25, 0.3) is 11.3 Å². The van der Waals surface area contributed by atoms with Gasteiger partial charge in [-0.15, -0.1) is 10.2 Å². The summed E-state index contributed by atoms with van der Waals surface area (Å²) in [6.07, 6.45) is 0. The highest BCUT2D eigenvalue weighted by Crippen LogP contribution is 2.30. The molecule has 1 aromatic heterocycles. The van der Waals surface area contributed by atoms with Gasteiger partial charge in [-0.05, 0) is 36.2 Å². The summed E-state index contributed by atoms with van der Waals surface area (Å²) < 4.78 is 11.0. The summed E-state index contributed by atoms with van der Waals surface area (Å²) in [7, 11) is 1.58. The molecule has 0 atom stereocenters. The minimum Gasteiger partial charge on any atom is -0.493 e. The number of hydrogen-bond donors (Lipinski definition) is 1. The molecule has 1 N–H and O–H groups in total. The van der Waals surface area contributed by atoms with Gasteiger partial charge in [0.1, 0.15) is 0 Å². The summed E-state index contributed by atoms with van der Waals surface area (Å²) >= 11 is 0. The normalized spacial score (nSPS) is 10.6. The highest BCUT2D eigenvalue weighted by atomic mass is 16.5. The molecule has 6 heteroatoms. The number of amides is 1. The zero-order valence-corrected chi connectivity index (χ0v) is 16.2. The van der Waals surface area contributed by atoms with Crippen molar-refractivity contribution in [1.29, 1.82) is 0 Å². The number of para-hydroxylation sites is 2. The molecule has 0 aliphatic carbocycles. The van der Waals surface area contributed by atoms with Crippen LogP contribution in [0.3, 0.4) is 0 Å². The molecule has 0 spiro atoms. The van der Waals surface area contributed by atoms with Crippen LogP contribution >= 0.6 is 0 Å². The minimum absolute atomic E-state index is 0.0976. The van der Waals surface area contributed by atoms with E-state index in [9.17, 15) is 4.79 Å². The van der Waals surface area contributed by atoms with Gasteiger partial charge >= 0.3 is 0 Å². The van der Waals surface area contributed by atoms with Gasteiger partial charge in [-0.3, -0.25) is 4.79 Å². The van der Waals surface area contributed by atoms with Crippen LogP contribution in [0.15, 0.2) is 60.7 Å². The number of ether oxygens (including phenoxy) is 2. The van der Waals surface area contributed by atoms with Crippen LogP contribution in [0.4, 0.5) is 0 Å². The molecule has 28 heavy (non-hydrogen) atoms. The lowest BCUT2D eigenvalue weighted by molar-refractivity contribution is 0.0949. The Morgan fingerprint density at radius 2 is 1.79 bits per heavy atom. The molecule has 0 saturated carbocycles. The second-order valence-electron chi connectivity index (χ2n) is 6.69. The molecule has 3 aromatic rings. The van der Waals surface area contributed by atoms with Gasteiger partial charge in [-0.1, -0.05) is 38.1 Å². The van der Waals surface area contributed by atoms with E-state index in [1.807, 2.05) is 36.4 Å². The maximum atomic E-state index is 12.3. The number of nitrogens with one attached hydrogen (secondary N) is 1. The number of carbonyl (C=O) groups excluding carboxylic acids is 1. The first-order chi connectivity index (χ1) is 13.6. The largest absolute Gasteiger partial charge is 0.493 e. The van der Waals surface area contributed by atoms with Gasteiger partial charge < -0.3 is 14.8 Å². The predicted molar refractivity (Wildman–Crippen MR) is 108 cm³/mol. The monoisotopic (exact) mass is 377 g/mol. The van der Waals surface area contributed by atoms with E-state index in [-0.39, 0.29) is 5.91 Å². The first kappa shape index (κ1) is 19.4. The summed E-state index contributed by atoms with van der Waals surface area (Å²) in [6.45, 7) is 4.75. The van der Waals surface area contributed by atoms with Gasteiger partial charge in [0.25, 0.3) is 5.91 Å². The third-order valence-electron chi connectivity index (χ3n) is 4.02. The first-order valence-corrected chi connectivity index (χ1v) is 9.10. The lowest BCUT2D eigenvalue weighted by Crippen LogP contribution is -2.27. The van der Waals surface area contributed by atoms with Gasteiger partial charge in [0, 0.05) is 23.7 Å². The Hall–Kier alpha value is -3.41. The number of hydrogen-bond acceptors (Lipinski definition) is 5. The molecule has 0 aliphatic rings. The highest BCUT2D eigenvalue weighted by Gasteiger charge is 2.10. The molecular weight excluding hydrogens is 354 g/mol. The molecule has 2 aromatic carbocycles. The Kier molecular flexibility index (Phi) is 6.22. The summed E-state index contributed by atoms with van der Waals surface area (Å²) in [5, 5.41) is 11.3. The fourth-order valence-corrected chi connectivity index (χ4v) is 2.56. The van der Waals surface area contributed by atoms with Crippen molar-refractivity contribution in [2.75, 3.05) is 13.7 Å². The van der Waals surface area contributed by atoms with E-state index in [1.165, 1.54) is 0 Å². The summed E-state index contributed by atoms with van der Waals surface area (Å²) in [5.41, 5.74) is 2.06. The van der Waals surface area contributed by atoms with Crippen LogP contribution in [-0.4, -0.2) is 29.8 Å². The zero-order valence-electron chi connectivity index (χ0n) is 16.2. The number of rotatable bonds is 7. The number of nitrogens with zero attached hydrogens (tertiary/aromatic N) is 2. The van der Waals surface area contributed by atoms with Crippen molar-refractivity contribution in [2.24, 2.45) is 5.92 Å². The molecule has 0 radical (unpaired) electrons. The van der Waals surface area contributed by atoms with Crippen molar-refractivity contribution < 1.29 is 14.3 Å². The first-order valence-electron chi connectivity index (χ1n) is 9.10. The van der Waals surface area contributed by atoms with Crippen LogP contribution in [0, 0.1) is 5.92 Å². The topological polar surface area (TPSA) is 73.3 Å². The fraction of sp³-hybridized carbons (Fsp3) is 0.227. The average molecular weight is 377 g/mol. The van der Waals surface area contributed by atoms with E-state index in [4.69, 9.17) is 9.47 Å². The Morgan fingerprint density at radius 1 is 1.00 bits per heavy atom. The van der Waals surface area contributed by atoms with E-state index in [1.54, 1.807) is 31.4 Å². The van der Waals surface area contributed by atoms with E-state index >= 15 is 0 Å². The average Bonchev–Trinajstić information content (AvgIpc) is 2.73. The molecule has 0 aliphatic heterocycles. The SMILES string of the molecule is COc1ccccc1Oc1ccc(-c2cccc(C(=O)NCC(C)C)c2)nn1. The standard InChI is InChI=1S/C22H23N3O3/c1-15(2)14-23-22(26)17-8-6-7-16(13-17)18-11-12-21(25-24-18)28-20-10-5-4-9-19(20)27-3/h4-13,15H,14H2,1-3H3,(H,23,26). The third kappa shape index (κ3) is 4.85. The summed E-state index contributed by atoms with van der Waals surface area (Å²) in [5.74, 6) is 1.84. The molecule has 0 bridgehead atoms. The molecule has 1 heterocycles. The van der Waals surface area contributed by atoms with Crippen molar-refractivity contribution in [3.8, 4) is 28.6 Å². The second kappa shape index (κ2) is 8.99. The number of aromatic nitrogens is 2. The lowest BCUT2D eigenvalue weighted by atomic mass is 10.1. The Balaban J connectivity index is 1.74. The Bertz CT molecular complexity index is 940. The molecule has 0 fully saturated rings. The number of methoxy groups -OCH3 is 1. The maximum absolute atomic E-state index is 12.3. The zero-order chi connectivity index (χ0) is 19.9. The number of benzene rings is 2. The molecule has 0 saturated heterocycles. The van der Waals surface area contributed by atoms with Crippen molar-refractivity contribution >= 4 is 5.91 Å². The van der Waals surface area contributed by atoms with E-state index in [0.717, 1.165) is 5.56 Å². The van der Waals surface area contributed by atoms with Gasteiger partial charge in [-0.25, -0.2) is 0 Å². The minimum atomic E-state index is -0.0976. The summed E-state index contributed by atoms with van der Waals surface area (Å²) in [6, 6.07) is 18.2. The fourth-order valence-electron chi connectivity index (χ4n) is 2.56. The van der Waals surface area contributed by atoms with Crippen LogP contribution < -0.4 is 14.8 Å². The quantitative estimate of drug-likeness (QED) is 0.663. The Morgan fingerprint density at radius 3 is 2.46 bits per heavy atom. The van der Waals surface area contributed by atoms with Crippen molar-refractivity contribution in [3.63, 3.8) is 0 Å². The van der Waals surface area contributed by atoms with E-state index < -0.39 is 0 Å².